The van der Waals surface area contributed by atoms with Gasteiger partial charge in [0, 0.05) is 32.4 Å². The summed E-state index contributed by atoms with van der Waals surface area (Å²) in [7, 11) is 5.90. The molecule has 0 saturated heterocycles. The van der Waals surface area contributed by atoms with E-state index in [9.17, 15) is 0 Å². The zero-order chi connectivity index (χ0) is 28.4. The molecule has 5 rings (SSSR count). The van der Waals surface area contributed by atoms with Crippen LogP contribution in [-0.4, -0.2) is 34.0 Å². The summed E-state index contributed by atoms with van der Waals surface area (Å²) in [6.07, 6.45) is 17.0. The Morgan fingerprint density at radius 3 is 1.61 bits per heavy atom. The second-order valence-corrected chi connectivity index (χ2v) is 10.8. The Morgan fingerprint density at radius 1 is 0.585 bits per heavy atom. The van der Waals surface area contributed by atoms with Gasteiger partial charge in [-0.3, -0.25) is 0 Å². The number of para-hydroxylation sites is 6. The number of fused-ring (bicyclic) bond motifs is 3. The van der Waals surface area contributed by atoms with E-state index < -0.39 is 0 Å². The van der Waals surface area contributed by atoms with Crippen molar-refractivity contribution in [2.24, 2.45) is 0 Å². The number of benzene rings is 3. The lowest BCUT2D eigenvalue weighted by atomic mass is 10.0. The molecular weight excluding hydrogens is 499 g/mol. The van der Waals surface area contributed by atoms with Gasteiger partial charge in [-0.05, 0) is 75.1 Å². The molecule has 3 aromatic rings. The molecule has 210 valence electrons. The number of unbranched alkanes of at least 4 members (excludes halogenated alkanes) is 2. The zero-order valence-corrected chi connectivity index (χ0v) is 24.8. The minimum Gasteiger partial charge on any atom is -0.344 e. The van der Waals surface area contributed by atoms with Gasteiger partial charge in [0.15, 0.2) is 0 Å². The maximum Gasteiger partial charge on any atom is 0.0653 e. The molecular formula is C36H43BN4. The standard InChI is InChI=1S/C36H43BN4/c1-3-5-7-17-30-29-38(31-18-8-9-19-32(31)39(30)28-16-24-37)25-14-15-27-41-35-22-12-10-20-33(35)40(26-6-4-2)34-21-11-13-23-36(34)41/h3,5,7-13,17-23,29H,4,6,14-16,24-28H2,1-2H3/b5-3-,17-7-. The van der Waals surface area contributed by atoms with E-state index in [0.717, 1.165) is 45.4 Å². The SMILES string of the molecule is [B]CCCN1C(/C=C\C=C/C)=CN(CCCCN2c3ccccc3N(CCCC)c3ccccc32)c2ccccc21. The maximum absolute atomic E-state index is 5.90. The lowest BCUT2D eigenvalue weighted by molar-refractivity contribution is 0.715. The van der Waals surface area contributed by atoms with Gasteiger partial charge in [0.2, 0.25) is 0 Å². The molecule has 2 aliphatic heterocycles. The molecule has 0 spiro atoms. The van der Waals surface area contributed by atoms with Gasteiger partial charge in [-0.25, -0.2) is 0 Å². The highest BCUT2D eigenvalue weighted by Gasteiger charge is 2.27. The molecule has 0 unspecified atom stereocenters. The van der Waals surface area contributed by atoms with Crippen LogP contribution < -0.4 is 19.6 Å². The third-order valence-electron chi connectivity index (χ3n) is 7.93. The van der Waals surface area contributed by atoms with Crippen LogP contribution in [0.5, 0.6) is 0 Å². The Hall–Kier alpha value is -3.86. The van der Waals surface area contributed by atoms with Crippen LogP contribution in [0, 0.1) is 0 Å². The molecule has 2 aliphatic rings. The van der Waals surface area contributed by atoms with Crippen molar-refractivity contribution in [2.75, 3.05) is 45.8 Å². The molecule has 4 nitrogen and oxygen atoms in total. The van der Waals surface area contributed by atoms with E-state index in [-0.39, 0.29) is 0 Å². The molecule has 0 saturated carbocycles. The second kappa shape index (κ2) is 14.2. The lowest BCUT2D eigenvalue weighted by Crippen LogP contribution is -2.33. The molecule has 0 aliphatic carbocycles. The van der Waals surface area contributed by atoms with Crippen molar-refractivity contribution in [2.45, 2.75) is 52.3 Å². The van der Waals surface area contributed by atoms with E-state index in [1.165, 1.54) is 52.7 Å². The molecule has 2 heterocycles. The number of rotatable bonds is 13. The highest BCUT2D eigenvalue weighted by molar-refractivity contribution is 6.08. The minimum absolute atomic E-state index is 0.688. The average Bonchev–Trinajstić information content (AvgIpc) is 3.01. The van der Waals surface area contributed by atoms with Crippen LogP contribution in [0.25, 0.3) is 0 Å². The Morgan fingerprint density at radius 2 is 1.07 bits per heavy atom. The number of allylic oxidation sites excluding steroid dienone is 4. The summed E-state index contributed by atoms with van der Waals surface area (Å²) in [6.45, 7) is 8.25. The number of anilines is 6. The summed E-state index contributed by atoms with van der Waals surface area (Å²) in [6, 6.07) is 26.6. The second-order valence-electron chi connectivity index (χ2n) is 10.8. The first-order valence-corrected chi connectivity index (χ1v) is 15.3. The van der Waals surface area contributed by atoms with E-state index in [1.54, 1.807) is 0 Å². The molecule has 0 N–H and O–H groups in total. The van der Waals surface area contributed by atoms with Crippen LogP contribution in [-0.2, 0) is 0 Å². The van der Waals surface area contributed by atoms with Crippen molar-refractivity contribution < 1.29 is 0 Å². The number of hydrogen-bond acceptors (Lipinski definition) is 4. The highest BCUT2D eigenvalue weighted by atomic mass is 15.3. The fourth-order valence-electron chi connectivity index (χ4n) is 5.91. The first kappa shape index (κ1) is 28.7. The smallest absolute Gasteiger partial charge is 0.0653 e. The van der Waals surface area contributed by atoms with E-state index >= 15 is 0 Å². The predicted octanol–water partition coefficient (Wildman–Crippen LogP) is 9.13. The van der Waals surface area contributed by atoms with Crippen molar-refractivity contribution in [1.29, 1.82) is 0 Å². The van der Waals surface area contributed by atoms with E-state index in [0.29, 0.717) is 6.32 Å². The highest BCUT2D eigenvalue weighted by Crippen LogP contribution is 2.48. The Bertz CT molecular complexity index is 1330. The average molecular weight is 543 g/mol. The quantitative estimate of drug-likeness (QED) is 0.121. The van der Waals surface area contributed by atoms with Gasteiger partial charge in [0.05, 0.1) is 47.7 Å². The topological polar surface area (TPSA) is 13.0 Å². The normalized spacial score (nSPS) is 14.4. The maximum atomic E-state index is 5.90. The molecule has 0 aromatic heterocycles. The van der Waals surface area contributed by atoms with Crippen LogP contribution in [0.3, 0.4) is 0 Å². The van der Waals surface area contributed by atoms with Crippen LogP contribution in [0.1, 0.15) is 46.0 Å². The largest absolute Gasteiger partial charge is 0.344 e. The van der Waals surface area contributed by atoms with Gasteiger partial charge in [-0.1, -0.05) is 74.3 Å². The lowest BCUT2D eigenvalue weighted by Gasteiger charge is -2.40. The van der Waals surface area contributed by atoms with E-state index in [4.69, 9.17) is 7.85 Å². The third-order valence-corrected chi connectivity index (χ3v) is 7.93. The van der Waals surface area contributed by atoms with Gasteiger partial charge in [0.25, 0.3) is 0 Å². The van der Waals surface area contributed by atoms with Crippen LogP contribution in [0.15, 0.2) is 109 Å². The molecule has 41 heavy (non-hydrogen) atoms. The number of hydrogen-bond donors (Lipinski definition) is 0. The summed E-state index contributed by atoms with van der Waals surface area (Å²) in [5.74, 6) is 0. The first-order chi connectivity index (χ1) is 20.3. The Labute approximate surface area is 248 Å². The van der Waals surface area contributed by atoms with Crippen molar-refractivity contribution in [3.63, 3.8) is 0 Å². The van der Waals surface area contributed by atoms with E-state index in [2.05, 4.69) is 137 Å². The van der Waals surface area contributed by atoms with Crippen molar-refractivity contribution in [3.8, 4) is 0 Å². The molecule has 3 aromatic carbocycles. The predicted molar refractivity (Wildman–Crippen MR) is 179 cm³/mol. The third kappa shape index (κ3) is 6.40. The summed E-state index contributed by atoms with van der Waals surface area (Å²) in [5, 5.41) is 0. The van der Waals surface area contributed by atoms with Gasteiger partial charge < -0.3 is 19.6 Å². The molecule has 0 amide bonds. The molecule has 2 radical (unpaired) electrons. The summed E-state index contributed by atoms with van der Waals surface area (Å²) >= 11 is 0. The van der Waals surface area contributed by atoms with Crippen LogP contribution in [0.2, 0.25) is 6.32 Å². The first-order valence-electron chi connectivity index (χ1n) is 15.3. The van der Waals surface area contributed by atoms with Crippen molar-refractivity contribution in [3.05, 3.63) is 109 Å². The van der Waals surface area contributed by atoms with E-state index in [1.807, 2.05) is 0 Å². The Balaban J connectivity index is 1.33. The molecule has 5 heteroatoms. The monoisotopic (exact) mass is 542 g/mol. The van der Waals surface area contributed by atoms with Crippen LogP contribution >= 0.6 is 0 Å². The molecule has 0 atom stereocenters. The molecule has 0 fully saturated rings. The van der Waals surface area contributed by atoms with Crippen LogP contribution in [0.4, 0.5) is 34.1 Å². The Kier molecular flexibility index (Phi) is 9.90. The summed E-state index contributed by atoms with van der Waals surface area (Å²) < 4.78 is 0. The van der Waals surface area contributed by atoms with Gasteiger partial charge in [-0.15, -0.1) is 0 Å². The fourth-order valence-corrected chi connectivity index (χ4v) is 5.91. The zero-order valence-electron chi connectivity index (χ0n) is 24.8. The van der Waals surface area contributed by atoms with Crippen molar-refractivity contribution in [1.82, 2.24) is 0 Å². The summed E-state index contributed by atoms with van der Waals surface area (Å²) in [5.41, 5.74) is 9.02. The van der Waals surface area contributed by atoms with Crippen molar-refractivity contribution >= 4 is 42.0 Å². The summed E-state index contributed by atoms with van der Waals surface area (Å²) in [4.78, 5) is 9.89. The fraction of sp³-hybridized carbons (Fsp3) is 0.333. The number of nitrogens with zero attached hydrogens (tertiary/aromatic N) is 4. The van der Waals surface area contributed by atoms with Gasteiger partial charge >= 0.3 is 0 Å². The van der Waals surface area contributed by atoms with Gasteiger partial charge in [0.1, 0.15) is 0 Å². The minimum atomic E-state index is 0.688. The molecule has 0 bridgehead atoms. The van der Waals surface area contributed by atoms with Gasteiger partial charge in [-0.2, -0.15) is 0 Å².